The number of amides is 1. The van der Waals surface area contributed by atoms with Crippen molar-refractivity contribution in [1.29, 1.82) is 0 Å². The van der Waals surface area contributed by atoms with Crippen molar-refractivity contribution in [2.24, 2.45) is 0 Å². The van der Waals surface area contributed by atoms with Crippen molar-refractivity contribution in [3.8, 4) is 0 Å². The first kappa shape index (κ1) is 11.6. The summed E-state index contributed by atoms with van der Waals surface area (Å²) < 4.78 is 0. The van der Waals surface area contributed by atoms with Crippen LogP contribution in [-0.4, -0.2) is 30.8 Å². The van der Waals surface area contributed by atoms with Crippen molar-refractivity contribution >= 4 is 17.9 Å². The van der Waals surface area contributed by atoms with Gasteiger partial charge in [-0.2, -0.15) is 0 Å². The SMILES string of the molecule is CN1C(=O)CCN1c1ccccc1CCC=O. The maximum absolute atomic E-state index is 11.5. The van der Waals surface area contributed by atoms with Crippen LogP contribution in [0.2, 0.25) is 0 Å². The molecule has 17 heavy (non-hydrogen) atoms. The van der Waals surface area contributed by atoms with Gasteiger partial charge in [-0.05, 0) is 18.1 Å². The zero-order valence-electron chi connectivity index (χ0n) is 9.93. The second-order valence-electron chi connectivity index (χ2n) is 4.12. The molecule has 1 aromatic carbocycles. The molecule has 1 aromatic rings. The monoisotopic (exact) mass is 232 g/mol. The normalized spacial score (nSPS) is 15.5. The molecule has 1 aliphatic heterocycles. The molecule has 0 N–H and O–H groups in total. The number of carbonyl (C=O) groups excluding carboxylic acids is 2. The minimum absolute atomic E-state index is 0.134. The quantitative estimate of drug-likeness (QED) is 0.737. The van der Waals surface area contributed by atoms with Gasteiger partial charge in [0.15, 0.2) is 0 Å². The lowest BCUT2D eigenvalue weighted by molar-refractivity contribution is -0.126. The van der Waals surface area contributed by atoms with Gasteiger partial charge in [0.25, 0.3) is 0 Å². The smallest absolute Gasteiger partial charge is 0.242 e. The Hall–Kier alpha value is -1.84. The number of hydrogen-bond donors (Lipinski definition) is 0. The first-order valence-electron chi connectivity index (χ1n) is 5.79. The van der Waals surface area contributed by atoms with Crippen LogP contribution in [0.3, 0.4) is 0 Å². The molecule has 0 saturated carbocycles. The van der Waals surface area contributed by atoms with Crippen molar-refractivity contribution in [3.63, 3.8) is 0 Å². The highest BCUT2D eigenvalue weighted by Gasteiger charge is 2.26. The Labute approximate surface area is 101 Å². The first-order chi connectivity index (χ1) is 8.24. The largest absolute Gasteiger partial charge is 0.303 e. The Balaban J connectivity index is 2.25. The number of carbonyl (C=O) groups is 2. The van der Waals surface area contributed by atoms with Gasteiger partial charge in [-0.25, -0.2) is 0 Å². The van der Waals surface area contributed by atoms with Gasteiger partial charge in [0.1, 0.15) is 6.29 Å². The lowest BCUT2D eigenvalue weighted by Gasteiger charge is -2.28. The molecule has 0 radical (unpaired) electrons. The maximum atomic E-state index is 11.5. The van der Waals surface area contributed by atoms with E-state index in [2.05, 4.69) is 0 Å². The molecule has 4 nitrogen and oxygen atoms in total. The maximum Gasteiger partial charge on any atom is 0.242 e. The number of benzene rings is 1. The lowest BCUT2D eigenvalue weighted by atomic mass is 10.1. The summed E-state index contributed by atoms with van der Waals surface area (Å²) in [7, 11) is 1.78. The number of aldehydes is 1. The van der Waals surface area contributed by atoms with Gasteiger partial charge < -0.3 is 4.79 Å². The van der Waals surface area contributed by atoms with E-state index in [-0.39, 0.29) is 5.91 Å². The first-order valence-corrected chi connectivity index (χ1v) is 5.79. The highest BCUT2D eigenvalue weighted by Crippen LogP contribution is 2.26. The van der Waals surface area contributed by atoms with Crippen LogP contribution in [0, 0.1) is 0 Å². The molecule has 0 bridgehead atoms. The summed E-state index contributed by atoms with van der Waals surface area (Å²) in [6.07, 6.45) is 2.72. The van der Waals surface area contributed by atoms with Crippen LogP contribution in [0.4, 0.5) is 5.69 Å². The fourth-order valence-corrected chi connectivity index (χ4v) is 2.12. The van der Waals surface area contributed by atoms with Gasteiger partial charge in [0.2, 0.25) is 5.91 Å². The van der Waals surface area contributed by atoms with Crippen molar-refractivity contribution < 1.29 is 9.59 Å². The van der Waals surface area contributed by atoms with E-state index in [0.717, 1.165) is 24.0 Å². The van der Waals surface area contributed by atoms with Crippen LogP contribution in [0.25, 0.3) is 0 Å². The fraction of sp³-hybridized carbons (Fsp3) is 0.385. The van der Waals surface area contributed by atoms with Gasteiger partial charge in [-0.3, -0.25) is 14.8 Å². The van der Waals surface area contributed by atoms with Crippen LogP contribution in [0.1, 0.15) is 18.4 Å². The molecule has 0 atom stereocenters. The summed E-state index contributed by atoms with van der Waals surface area (Å²) >= 11 is 0. The molecule has 2 rings (SSSR count). The standard InChI is InChI=1S/C13H16N2O2/c1-14-13(17)8-9-15(14)12-7-3-2-5-11(12)6-4-10-16/h2-3,5,7,10H,4,6,8-9H2,1H3. The van der Waals surface area contributed by atoms with E-state index in [0.29, 0.717) is 19.4 Å². The molecule has 0 spiro atoms. The third-order valence-electron chi connectivity index (χ3n) is 3.06. The molecule has 1 amide bonds. The summed E-state index contributed by atoms with van der Waals surface area (Å²) in [6.45, 7) is 0.716. The molecule has 1 heterocycles. The van der Waals surface area contributed by atoms with E-state index in [9.17, 15) is 9.59 Å². The number of nitrogens with zero attached hydrogens (tertiary/aromatic N) is 2. The van der Waals surface area contributed by atoms with E-state index in [1.54, 1.807) is 12.1 Å². The fourth-order valence-electron chi connectivity index (χ4n) is 2.12. The van der Waals surface area contributed by atoms with Crippen molar-refractivity contribution in [3.05, 3.63) is 29.8 Å². The molecular formula is C13H16N2O2. The summed E-state index contributed by atoms with van der Waals surface area (Å²) in [5.41, 5.74) is 2.14. The van der Waals surface area contributed by atoms with Crippen LogP contribution in [-0.2, 0) is 16.0 Å². The summed E-state index contributed by atoms with van der Waals surface area (Å²) in [5.74, 6) is 0.134. The third kappa shape index (κ3) is 2.30. The Morgan fingerprint density at radius 1 is 1.35 bits per heavy atom. The Kier molecular flexibility index (Phi) is 3.42. The highest BCUT2D eigenvalue weighted by molar-refractivity contribution is 5.82. The van der Waals surface area contributed by atoms with Crippen LogP contribution in [0.5, 0.6) is 0 Å². The van der Waals surface area contributed by atoms with E-state index < -0.39 is 0 Å². The van der Waals surface area contributed by atoms with Gasteiger partial charge in [-0.1, -0.05) is 18.2 Å². The number of hydrazine groups is 1. The molecule has 0 aliphatic carbocycles. The molecule has 1 fully saturated rings. The van der Waals surface area contributed by atoms with Crippen molar-refractivity contribution in [1.82, 2.24) is 5.01 Å². The van der Waals surface area contributed by atoms with E-state index >= 15 is 0 Å². The van der Waals surface area contributed by atoms with Gasteiger partial charge in [-0.15, -0.1) is 0 Å². The highest BCUT2D eigenvalue weighted by atomic mass is 16.2. The molecule has 4 heteroatoms. The van der Waals surface area contributed by atoms with E-state index in [1.165, 1.54) is 0 Å². The van der Waals surface area contributed by atoms with Crippen LogP contribution >= 0.6 is 0 Å². The number of anilines is 1. The molecule has 0 aromatic heterocycles. The molecule has 0 unspecified atom stereocenters. The van der Waals surface area contributed by atoms with Crippen LogP contribution < -0.4 is 5.01 Å². The Bertz CT molecular complexity index is 431. The van der Waals surface area contributed by atoms with Gasteiger partial charge in [0.05, 0.1) is 5.69 Å². The predicted molar refractivity (Wildman–Crippen MR) is 65.6 cm³/mol. The second-order valence-corrected chi connectivity index (χ2v) is 4.12. The summed E-state index contributed by atoms with van der Waals surface area (Å²) in [6, 6.07) is 7.92. The van der Waals surface area contributed by atoms with Gasteiger partial charge >= 0.3 is 0 Å². The minimum Gasteiger partial charge on any atom is -0.303 e. The number of rotatable bonds is 4. The second kappa shape index (κ2) is 4.99. The van der Waals surface area contributed by atoms with Gasteiger partial charge in [0, 0.05) is 26.4 Å². The van der Waals surface area contributed by atoms with E-state index in [1.807, 2.05) is 29.3 Å². The average Bonchev–Trinajstić information content (AvgIpc) is 2.68. The topological polar surface area (TPSA) is 40.6 Å². The molecule has 1 saturated heterocycles. The van der Waals surface area contributed by atoms with Crippen molar-refractivity contribution in [2.75, 3.05) is 18.6 Å². The third-order valence-corrected chi connectivity index (χ3v) is 3.06. The predicted octanol–water partition coefficient (Wildman–Crippen LogP) is 1.40. The zero-order valence-corrected chi connectivity index (χ0v) is 9.93. The minimum atomic E-state index is 0.134. The number of hydrogen-bond acceptors (Lipinski definition) is 3. The van der Waals surface area contributed by atoms with E-state index in [4.69, 9.17) is 0 Å². The lowest BCUT2D eigenvalue weighted by Crippen LogP contribution is -2.36. The molecule has 90 valence electrons. The summed E-state index contributed by atoms with van der Waals surface area (Å²) in [4.78, 5) is 22.0. The average molecular weight is 232 g/mol. The number of para-hydroxylation sites is 1. The molecule has 1 aliphatic rings. The van der Waals surface area contributed by atoms with Crippen LogP contribution in [0.15, 0.2) is 24.3 Å². The Morgan fingerprint density at radius 3 is 2.76 bits per heavy atom. The zero-order chi connectivity index (χ0) is 12.3. The Morgan fingerprint density at radius 2 is 2.12 bits per heavy atom. The summed E-state index contributed by atoms with van der Waals surface area (Å²) in [5, 5.41) is 3.63. The number of aryl methyl sites for hydroxylation is 1. The molecular weight excluding hydrogens is 216 g/mol. The van der Waals surface area contributed by atoms with Crippen molar-refractivity contribution in [2.45, 2.75) is 19.3 Å².